The highest BCUT2D eigenvalue weighted by Crippen LogP contribution is 2.24. The molecule has 0 saturated heterocycles. The molecule has 0 fully saturated rings. The van der Waals surface area contributed by atoms with Crippen molar-refractivity contribution in [3.63, 3.8) is 0 Å². The van der Waals surface area contributed by atoms with Gasteiger partial charge in [-0.2, -0.15) is 0 Å². The minimum Gasteiger partial charge on any atom is -0.324 e. The fourth-order valence-electron chi connectivity index (χ4n) is 2.90. The summed E-state index contributed by atoms with van der Waals surface area (Å²) in [5.74, 6) is -0.730. The highest BCUT2D eigenvalue weighted by atomic mass is 35.5. The van der Waals surface area contributed by atoms with Gasteiger partial charge in [-0.1, -0.05) is 37.6 Å². The Hall–Kier alpha value is -3.13. The van der Waals surface area contributed by atoms with Crippen LogP contribution in [0, 0.1) is 5.92 Å². The largest absolute Gasteiger partial charge is 0.324 e. The summed E-state index contributed by atoms with van der Waals surface area (Å²) in [4.78, 5) is 35.3. The van der Waals surface area contributed by atoms with Crippen molar-refractivity contribution in [1.82, 2.24) is 15.0 Å². The van der Waals surface area contributed by atoms with Gasteiger partial charge in [-0.3, -0.25) is 19.9 Å². The predicted molar refractivity (Wildman–Crippen MR) is 114 cm³/mol. The van der Waals surface area contributed by atoms with Gasteiger partial charge in [0.25, 0.3) is 12.3 Å². The van der Waals surface area contributed by atoms with Crippen molar-refractivity contribution in [1.29, 1.82) is 0 Å². The molecule has 0 aliphatic carbocycles. The van der Waals surface area contributed by atoms with Gasteiger partial charge in [0.05, 0.1) is 17.5 Å². The van der Waals surface area contributed by atoms with Gasteiger partial charge in [-0.25, -0.2) is 13.8 Å². The molecule has 3 rings (SSSR count). The van der Waals surface area contributed by atoms with Gasteiger partial charge in [0, 0.05) is 23.6 Å². The maximum Gasteiger partial charge on any atom is 0.281 e. The third-order valence-corrected chi connectivity index (χ3v) is 4.95. The molecule has 1 aromatic carbocycles. The summed E-state index contributed by atoms with van der Waals surface area (Å²) in [5, 5.41) is 3.08. The zero-order valence-corrected chi connectivity index (χ0v) is 17.7. The molecule has 0 radical (unpaired) electrons. The lowest BCUT2D eigenvalue weighted by molar-refractivity contribution is -0.121. The van der Waals surface area contributed by atoms with Crippen LogP contribution in [0.4, 0.5) is 14.7 Å². The molecular formula is C22H21ClF2N4O2. The van der Waals surface area contributed by atoms with Gasteiger partial charge in [0.15, 0.2) is 0 Å². The SMILES string of the molecule is CC(C)C(=O)CCc1cnc(C(F)F)c(C(=O)Nc2ncc(-c3ccc(Cl)cc3)[nH]2)c1. The van der Waals surface area contributed by atoms with Crippen molar-refractivity contribution < 1.29 is 18.4 Å². The quantitative estimate of drug-likeness (QED) is 0.480. The van der Waals surface area contributed by atoms with E-state index >= 15 is 0 Å². The number of anilines is 1. The second-order valence-electron chi connectivity index (χ2n) is 7.30. The van der Waals surface area contributed by atoms with Crippen molar-refractivity contribution >= 4 is 29.2 Å². The average Bonchev–Trinajstić information content (AvgIpc) is 3.20. The van der Waals surface area contributed by atoms with Crippen molar-refractivity contribution in [2.75, 3.05) is 5.32 Å². The Kier molecular flexibility index (Phi) is 7.12. The molecule has 31 heavy (non-hydrogen) atoms. The Balaban J connectivity index is 1.79. The number of aromatic amines is 1. The highest BCUT2D eigenvalue weighted by Gasteiger charge is 2.22. The fraction of sp³-hybridized carbons (Fsp3) is 0.273. The number of ketones is 1. The van der Waals surface area contributed by atoms with E-state index in [2.05, 4.69) is 20.3 Å². The lowest BCUT2D eigenvalue weighted by Gasteiger charge is -2.10. The molecule has 6 nitrogen and oxygen atoms in total. The van der Waals surface area contributed by atoms with Gasteiger partial charge in [-0.05, 0) is 35.7 Å². The number of aryl methyl sites for hydroxylation is 1. The third kappa shape index (κ3) is 5.73. The van der Waals surface area contributed by atoms with E-state index < -0.39 is 18.0 Å². The maximum absolute atomic E-state index is 13.4. The Morgan fingerprint density at radius 3 is 2.48 bits per heavy atom. The van der Waals surface area contributed by atoms with Crippen LogP contribution in [0.3, 0.4) is 0 Å². The maximum atomic E-state index is 13.4. The first kappa shape index (κ1) is 22.6. The van der Waals surface area contributed by atoms with E-state index in [-0.39, 0.29) is 29.6 Å². The number of carbonyl (C=O) groups excluding carboxylic acids is 2. The normalized spacial score (nSPS) is 11.2. The van der Waals surface area contributed by atoms with Crippen LogP contribution in [0.25, 0.3) is 11.3 Å². The van der Waals surface area contributed by atoms with E-state index in [1.54, 1.807) is 38.1 Å². The van der Waals surface area contributed by atoms with Gasteiger partial charge in [-0.15, -0.1) is 0 Å². The third-order valence-electron chi connectivity index (χ3n) is 4.69. The fourth-order valence-corrected chi connectivity index (χ4v) is 3.03. The van der Waals surface area contributed by atoms with Crippen molar-refractivity contribution in [3.05, 3.63) is 64.6 Å². The number of nitrogens with one attached hydrogen (secondary N) is 2. The molecule has 0 aliphatic heterocycles. The lowest BCUT2D eigenvalue weighted by Crippen LogP contribution is -2.17. The molecule has 0 aliphatic rings. The summed E-state index contributed by atoms with van der Waals surface area (Å²) in [6, 6.07) is 8.34. The lowest BCUT2D eigenvalue weighted by atomic mass is 10.0. The molecule has 2 N–H and O–H groups in total. The Morgan fingerprint density at radius 2 is 1.84 bits per heavy atom. The minimum atomic E-state index is -2.92. The van der Waals surface area contributed by atoms with Crippen LogP contribution in [0.1, 0.15) is 48.3 Å². The summed E-state index contributed by atoms with van der Waals surface area (Å²) in [6.07, 6.45) is 0.427. The average molecular weight is 447 g/mol. The molecule has 2 aromatic heterocycles. The molecule has 3 aromatic rings. The first-order chi connectivity index (χ1) is 14.7. The zero-order valence-electron chi connectivity index (χ0n) is 17.0. The van der Waals surface area contributed by atoms with Crippen LogP contribution in [-0.4, -0.2) is 26.6 Å². The van der Waals surface area contributed by atoms with Crippen LogP contribution >= 0.6 is 11.6 Å². The minimum absolute atomic E-state index is 0.0502. The number of H-pyrrole nitrogens is 1. The topological polar surface area (TPSA) is 87.7 Å². The molecule has 9 heteroatoms. The number of amides is 1. The first-order valence-electron chi connectivity index (χ1n) is 9.66. The Morgan fingerprint density at radius 1 is 1.13 bits per heavy atom. The van der Waals surface area contributed by atoms with Gasteiger partial charge in [0.1, 0.15) is 11.5 Å². The van der Waals surface area contributed by atoms with E-state index in [0.29, 0.717) is 22.7 Å². The van der Waals surface area contributed by atoms with E-state index in [1.807, 2.05) is 0 Å². The second kappa shape index (κ2) is 9.78. The molecule has 0 unspecified atom stereocenters. The van der Waals surface area contributed by atoms with Crippen LogP contribution in [-0.2, 0) is 11.2 Å². The number of pyridine rings is 1. The van der Waals surface area contributed by atoms with Crippen molar-refractivity contribution in [2.24, 2.45) is 5.92 Å². The monoisotopic (exact) mass is 446 g/mol. The van der Waals surface area contributed by atoms with Gasteiger partial charge in [0.2, 0.25) is 5.95 Å². The Bertz CT molecular complexity index is 1080. The summed E-state index contributed by atoms with van der Waals surface area (Å²) >= 11 is 5.88. The number of aromatic nitrogens is 3. The van der Waals surface area contributed by atoms with E-state index in [9.17, 15) is 18.4 Å². The summed E-state index contributed by atoms with van der Waals surface area (Å²) in [5.41, 5.74) is 1.07. The molecule has 162 valence electrons. The van der Waals surface area contributed by atoms with Crippen LogP contribution in [0.15, 0.2) is 42.7 Å². The van der Waals surface area contributed by atoms with Crippen molar-refractivity contribution in [3.8, 4) is 11.3 Å². The molecule has 0 bridgehead atoms. The molecular weight excluding hydrogens is 426 g/mol. The predicted octanol–water partition coefficient (Wildman–Crippen LogP) is 5.47. The van der Waals surface area contributed by atoms with Crippen LogP contribution in [0.5, 0.6) is 0 Å². The number of nitrogens with zero attached hydrogens (tertiary/aromatic N) is 2. The molecule has 0 saturated carbocycles. The molecule has 0 atom stereocenters. The number of benzene rings is 1. The molecule has 2 heterocycles. The number of alkyl halides is 2. The first-order valence-corrected chi connectivity index (χ1v) is 10.0. The summed E-state index contributed by atoms with van der Waals surface area (Å²) in [6.45, 7) is 3.59. The van der Waals surface area contributed by atoms with Crippen LogP contribution in [0.2, 0.25) is 5.02 Å². The smallest absolute Gasteiger partial charge is 0.281 e. The number of Topliss-reactive ketones (excluding diaryl/α,β-unsaturated/α-hetero) is 1. The number of rotatable bonds is 8. The summed E-state index contributed by atoms with van der Waals surface area (Å²) in [7, 11) is 0. The van der Waals surface area contributed by atoms with Crippen LogP contribution < -0.4 is 5.32 Å². The second-order valence-corrected chi connectivity index (χ2v) is 7.74. The standard InChI is InChI=1S/C22H21ClF2N4O2/c1-12(2)18(30)8-3-13-9-16(19(20(24)25)26-10-13)21(31)29-22-27-11-17(28-22)14-4-6-15(23)7-5-14/h4-7,9-12,20H,3,8H2,1-2H3,(H2,27,28,29,31). The highest BCUT2D eigenvalue weighted by molar-refractivity contribution is 6.30. The Labute approximate surface area is 183 Å². The van der Waals surface area contributed by atoms with Gasteiger partial charge < -0.3 is 4.98 Å². The van der Waals surface area contributed by atoms with Gasteiger partial charge >= 0.3 is 0 Å². The number of halogens is 3. The number of hydrogen-bond acceptors (Lipinski definition) is 4. The van der Waals surface area contributed by atoms with Crippen molar-refractivity contribution in [2.45, 2.75) is 33.1 Å². The molecule has 0 spiro atoms. The van der Waals surface area contributed by atoms with E-state index in [4.69, 9.17) is 11.6 Å². The van der Waals surface area contributed by atoms with E-state index in [1.165, 1.54) is 18.5 Å². The number of carbonyl (C=O) groups is 2. The summed E-state index contributed by atoms with van der Waals surface area (Å²) < 4.78 is 26.8. The zero-order chi connectivity index (χ0) is 22.5. The van der Waals surface area contributed by atoms with E-state index in [0.717, 1.165) is 5.56 Å². The number of hydrogen-bond donors (Lipinski definition) is 2. The number of imidazole rings is 1. The molecule has 1 amide bonds.